The second kappa shape index (κ2) is 5.05. The summed E-state index contributed by atoms with van der Waals surface area (Å²) in [5.41, 5.74) is 7.82. The van der Waals surface area contributed by atoms with Crippen LogP contribution in [0, 0.1) is 0 Å². The van der Waals surface area contributed by atoms with Gasteiger partial charge in [-0.1, -0.05) is 18.9 Å². The Morgan fingerprint density at radius 2 is 2.05 bits per heavy atom. The molecular weight excluding hydrogens is 250 g/mol. The average molecular weight is 275 g/mol. The Balaban J connectivity index is 2.15. The monoisotopic (exact) mass is 275 g/mol. The maximum Gasteiger partial charge on any atom is 0.119 e. The molecule has 0 aliphatic heterocycles. The molecule has 3 heteroatoms. The maximum absolute atomic E-state index is 11.3. The molecule has 110 valence electrons. The molecule has 0 spiro atoms. The van der Waals surface area contributed by atoms with Gasteiger partial charge in [-0.3, -0.25) is 0 Å². The van der Waals surface area contributed by atoms with E-state index in [0.29, 0.717) is 6.54 Å². The number of benzene rings is 1. The third-order valence-electron chi connectivity index (χ3n) is 5.55. The molecule has 0 bridgehead atoms. The first-order chi connectivity index (χ1) is 9.65. The molecule has 0 radical (unpaired) electrons. The highest BCUT2D eigenvalue weighted by Crippen LogP contribution is 2.54. The molecule has 2 aliphatic rings. The standard InChI is InChI=1S/C17H25NO2/c1-20-14-5-4-13-6-9-17(19)8-3-2-7-16(17,10-11-18)15(13)12-14/h4-5,12,19H,2-3,6-11,18H2,1H3/t16-,17+/m1/s1. The summed E-state index contributed by atoms with van der Waals surface area (Å²) in [7, 11) is 1.70. The average Bonchev–Trinajstić information content (AvgIpc) is 2.47. The van der Waals surface area contributed by atoms with Crippen molar-refractivity contribution in [2.45, 2.75) is 56.0 Å². The summed E-state index contributed by atoms with van der Waals surface area (Å²) in [6, 6.07) is 6.34. The van der Waals surface area contributed by atoms with E-state index < -0.39 is 5.60 Å². The fraction of sp³-hybridized carbons (Fsp3) is 0.647. The van der Waals surface area contributed by atoms with Crippen LogP contribution >= 0.6 is 0 Å². The number of ether oxygens (including phenoxy) is 1. The predicted octanol–water partition coefficient (Wildman–Crippen LogP) is 2.53. The van der Waals surface area contributed by atoms with Crippen LogP contribution in [0.5, 0.6) is 5.75 Å². The van der Waals surface area contributed by atoms with Crippen molar-refractivity contribution in [3.63, 3.8) is 0 Å². The van der Waals surface area contributed by atoms with Crippen LogP contribution in [0.4, 0.5) is 0 Å². The summed E-state index contributed by atoms with van der Waals surface area (Å²) in [5, 5.41) is 11.3. The lowest BCUT2D eigenvalue weighted by atomic mass is 9.53. The van der Waals surface area contributed by atoms with Gasteiger partial charge in [-0.05, 0) is 61.9 Å². The minimum atomic E-state index is -0.579. The molecule has 0 saturated heterocycles. The van der Waals surface area contributed by atoms with Gasteiger partial charge in [0.2, 0.25) is 0 Å². The molecule has 1 saturated carbocycles. The number of aryl methyl sites for hydroxylation is 1. The number of nitrogens with two attached hydrogens (primary N) is 1. The van der Waals surface area contributed by atoms with Gasteiger partial charge in [0.1, 0.15) is 5.75 Å². The summed E-state index contributed by atoms with van der Waals surface area (Å²) in [6.45, 7) is 0.624. The maximum atomic E-state index is 11.3. The van der Waals surface area contributed by atoms with Gasteiger partial charge in [0.05, 0.1) is 12.7 Å². The van der Waals surface area contributed by atoms with Crippen LogP contribution in [0.2, 0.25) is 0 Å². The molecule has 0 amide bonds. The van der Waals surface area contributed by atoms with Crippen molar-refractivity contribution in [2.24, 2.45) is 5.73 Å². The molecule has 1 aromatic carbocycles. The van der Waals surface area contributed by atoms with Crippen LogP contribution < -0.4 is 10.5 Å². The summed E-state index contributed by atoms with van der Waals surface area (Å²) >= 11 is 0. The van der Waals surface area contributed by atoms with E-state index in [-0.39, 0.29) is 5.41 Å². The topological polar surface area (TPSA) is 55.5 Å². The van der Waals surface area contributed by atoms with Crippen molar-refractivity contribution in [3.05, 3.63) is 29.3 Å². The lowest BCUT2D eigenvalue weighted by molar-refractivity contribution is -0.0862. The van der Waals surface area contributed by atoms with Gasteiger partial charge < -0.3 is 15.6 Å². The zero-order valence-electron chi connectivity index (χ0n) is 12.3. The zero-order valence-corrected chi connectivity index (χ0v) is 12.3. The lowest BCUT2D eigenvalue weighted by Crippen LogP contribution is -2.57. The molecule has 3 nitrogen and oxygen atoms in total. The molecule has 1 aromatic rings. The van der Waals surface area contributed by atoms with Gasteiger partial charge in [0, 0.05) is 5.41 Å². The van der Waals surface area contributed by atoms with E-state index in [2.05, 4.69) is 12.1 Å². The van der Waals surface area contributed by atoms with Crippen LogP contribution in [0.25, 0.3) is 0 Å². The smallest absolute Gasteiger partial charge is 0.119 e. The number of methoxy groups -OCH3 is 1. The van der Waals surface area contributed by atoms with Gasteiger partial charge in [0.15, 0.2) is 0 Å². The molecule has 2 aliphatic carbocycles. The van der Waals surface area contributed by atoms with Crippen LogP contribution in [0.15, 0.2) is 18.2 Å². The highest BCUT2D eigenvalue weighted by Gasteiger charge is 2.54. The van der Waals surface area contributed by atoms with Crippen LogP contribution in [0.1, 0.15) is 49.7 Å². The third-order valence-corrected chi connectivity index (χ3v) is 5.55. The summed E-state index contributed by atoms with van der Waals surface area (Å²) in [4.78, 5) is 0. The Bertz CT molecular complexity index is 498. The largest absolute Gasteiger partial charge is 0.497 e. The Kier molecular flexibility index (Phi) is 3.51. The minimum absolute atomic E-state index is 0.165. The van der Waals surface area contributed by atoms with E-state index in [4.69, 9.17) is 10.5 Å². The first-order valence-corrected chi connectivity index (χ1v) is 7.75. The molecule has 1 fully saturated rings. The van der Waals surface area contributed by atoms with E-state index in [1.165, 1.54) is 17.5 Å². The molecule has 3 rings (SSSR count). The van der Waals surface area contributed by atoms with E-state index in [0.717, 1.165) is 44.3 Å². The first-order valence-electron chi connectivity index (χ1n) is 7.75. The second-order valence-corrected chi connectivity index (χ2v) is 6.38. The normalized spacial score (nSPS) is 32.4. The van der Waals surface area contributed by atoms with Crippen molar-refractivity contribution >= 4 is 0 Å². The molecule has 0 heterocycles. The number of aliphatic hydroxyl groups is 1. The highest BCUT2D eigenvalue weighted by molar-refractivity contribution is 5.45. The Labute approximate surface area is 121 Å². The number of fused-ring (bicyclic) bond motifs is 3. The Morgan fingerprint density at radius 1 is 1.25 bits per heavy atom. The first kappa shape index (κ1) is 13.9. The van der Waals surface area contributed by atoms with Gasteiger partial charge in [-0.15, -0.1) is 0 Å². The van der Waals surface area contributed by atoms with E-state index in [1.54, 1.807) is 7.11 Å². The van der Waals surface area contributed by atoms with E-state index in [1.807, 2.05) is 6.07 Å². The predicted molar refractivity (Wildman–Crippen MR) is 80.1 cm³/mol. The van der Waals surface area contributed by atoms with Crippen LogP contribution in [-0.4, -0.2) is 24.4 Å². The number of hydrogen-bond acceptors (Lipinski definition) is 3. The fourth-order valence-corrected chi connectivity index (χ4v) is 4.49. The number of hydrogen-bond donors (Lipinski definition) is 2. The Morgan fingerprint density at radius 3 is 2.80 bits per heavy atom. The van der Waals surface area contributed by atoms with Crippen molar-refractivity contribution in [1.29, 1.82) is 0 Å². The van der Waals surface area contributed by atoms with Gasteiger partial charge >= 0.3 is 0 Å². The molecule has 2 atom stereocenters. The minimum Gasteiger partial charge on any atom is -0.497 e. The van der Waals surface area contributed by atoms with Gasteiger partial charge in [0.25, 0.3) is 0 Å². The highest BCUT2D eigenvalue weighted by atomic mass is 16.5. The third kappa shape index (κ3) is 1.87. The molecule has 3 N–H and O–H groups in total. The van der Waals surface area contributed by atoms with Gasteiger partial charge in [-0.25, -0.2) is 0 Å². The van der Waals surface area contributed by atoms with Crippen LogP contribution in [0.3, 0.4) is 0 Å². The SMILES string of the molecule is COc1ccc2c(c1)[C@]1(CCN)CCCC[C@]1(O)CC2. The summed E-state index contributed by atoms with van der Waals surface area (Å²) in [5.74, 6) is 0.884. The fourth-order valence-electron chi connectivity index (χ4n) is 4.49. The zero-order chi connectivity index (χ0) is 14.2. The van der Waals surface area contributed by atoms with Crippen molar-refractivity contribution < 1.29 is 9.84 Å². The Hall–Kier alpha value is -1.06. The lowest BCUT2D eigenvalue weighted by Gasteiger charge is -2.54. The van der Waals surface area contributed by atoms with Gasteiger partial charge in [-0.2, -0.15) is 0 Å². The second-order valence-electron chi connectivity index (χ2n) is 6.38. The van der Waals surface area contributed by atoms with E-state index >= 15 is 0 Å². The molecular formula is C17H25NO2. The number of rotatable bonds is 3. The summed E-state index contributed by atoms with van der Waals surface area (Å²) in [6.07, 6.45) is 6.95. The van der Waals surface area contributed by atoms with Crippen molar-refractivity contribution in [1.82, 2.24) is 0 Å². The van der Waals surface area contributed by atoms with Crippen molar-refractivity contribution in [3.8, 4) is 5.75 Å². The van der Waals surface area contributed by atoms with Crippen molar-refractivity contribution in [2.75, 3.05) is 13.7 Å². The molecule has 20 heavy (non-hydrogen) atoms. The molecule has 0 aromatic heterocycles. The summed E-state index contributed by atoms with van der Waals surface area (Å²) < 4.78 is 5.40. The molecule has 0 unspecified atom stereocenters. The quantitative estimate of drug-likeness (QED) is 0.891. The van der Waals surface area contributed by atoms with Crippen LogP contribution in [-0.2, 0) is 11.8 Å². The van der Waals surface area contributed by atoms with E-state index in [9.17, 15) is 5.11 Å².